The van der Waals surface area contributed by atoms with Crippen molar-refractivity contribution in [2.24, 2.45) is 0 Å². The predicted octanol–water partition coefficient (Wildman–Crippen LogP) is 7.16. The molecule has 8 nitrogen and oxygen atoms in total. The van der Waals surface area contributed by atoms with Crippen LogP contribution in [0.3, 0.4) is 0 Å². The second-order valence-electron chi connectivity index (χ2n) is 8.90. The Morgan fingerprint density at radius 3 is 2.58 bits per heavy atom. The number of carbonyl (C=O) groups is 2. The van der Waals surface area contributed by atoms with Crippen molar-refractivity contribution in [2.75, 3.05) is 19.5 Å². The van der Waals surface area contributed by atoms with E-state index in [2.05, 4.69) is 34.3 Å². The van der Waals surface area contributed by atoms with Crippen LogP contribution in [-0.4, -0.2) is 41.3 Å². The molecule has 0 radical (unpaired) electrons. The fraction of sp³-hybridized carbons (Fsp3) is 0.300. The minimum absolute atomic E-state index is 0.362. The zero-order chi connectivity index (χ0) is 29.2. The molecule has 2 aromatic heterocycles. The zero-order valence-electron chi connectivity index (χ0n) is 23.5. The second kappa shape index (κ2) is 14.5. The molecule has 3 rings (SSSR count). The number of ether oxygens (including phenoxy) is 2. The Balaban J connectivity index is 1.78. The summed E-state index contributed by atoms with van der Waals surface area (Å²) in [7, 11) is 2.93. The molecule has 0 atom stereocenters. The minimum atomic E-state index is -0.377. The molecule has 210 valence electrons. The van der Waals surface area contributed by atoms with Crippen LogP contribution in [0.15, 0.2) is 65.4 Å². The molecule has 0 saturated heterocycles. The van der Waals surface area contributed by atoms with Gasteiger partial charge >= 0.3 is 5.97 Å². The van der Waals surface area contributed by atoms with Crippen molar-refractivity contribution in [3.05, 3.63) is 86.7 Å². The summed E-state index contributed by atoms with van der Waals surface area (Å²) in [5.74, 6) is -0.146. The van der Waals surface area contributed by atoms with Gasteiger partial charge in [0.1, 0.15) is 10.8 Å². The second-order valence-corrected chi connectivity index (χ2v) is 10.4. The molecule has 0 aliphatic heterocycles. The monoisotopic (exact) mass is 580 g/mol. The Kier molecular flexibility index (Phi) is 11.2. The summed E-state index contributed by atoms with van der Waals surface area (Å²) in [5, 5.41) is 13.0. The van der Waals surface area contributed by atoms with Gasteiger partial charge in [-0.25, -0.2) is 4.79 Å². The van der Waals surface area contributed by atoms with Crippen molar-refractivity contribution in [2.45, 2.75) is 47.0 Å². The number of nitrogens with zero attached hydrogens (tertiary/aromatic N) is 3. The lowest BCUT2D eigenvalue weighted by Gasteiger charge is -2.13. The van der Waals surface area contributed by atoms with Gasteiger partial charge in [0, 0.05) is 34.5 Å². The van der Waals surface area contributed by atoms with E-state index >= 15 is 0 Å². The standard InChI is InChI=1S/C30H33ClN4O4S/c1-7-18(3)21(10-9-20(8-2)29(37)39-6)11-14-27-34-35-30(40-27)33-28(36)25-17-32-19(4)15-23(25)24-16-22(31)12-13-26(24)38-5/h8-10,12-13,15-17H,7,11,14H2,1-6H3,(H,33,35,36)/b10-9-,20-8+,21-18+. The van der Waals surface area contributed by atoms with Crippen molar-refractivity contribution in [1.82, 2.24) is 15.2 Å². The molecule has 0 aliphatic rings. The molecule has 0 unspecified atom stereocenters. The lowest BCUT2D eigenvalue weighted by atomic mass is 9.99. The van der Waals surface area contributed by atoms with Gasteiger partial charge in [0.15, 0.2) is 0 Å². The van der Waals surface area contributed by atoms with E-state index in [9.17, 15) is 9.59 Å². The fourth-order valence-corrected chi connectivity index (χ4v) is 4.83. The van der Waals surface area contributed by atoms with Crippen LogP contribution in [0, 0.1) is 6.92 Å². The van der Waals surface area contributed by atoms with Gasteiger partial charge in [-0.2, -0.15) is 0 Å². The van der Waals surface area contributed by atoms with E-state index in [0.29, 0.717) is 51.0 Å². The first-order chi connectivity index (χ1) is 19.2. The number of nitrogens with one attached hydrogen (secondary N) is 1. The molecule has 0 aliphatic carbocycles. The summed E-state index contributed by atoms with van der Waals surface area (Å²) in [6.45, 7) is 7.81. The van der Waals surface area contributed by atoms with Crippen molar-refractivity contribution in [3.63, 3.8) is 0 Å². The Hall–Kier alpha value is -3.82. The molecule has 0 spiro atoms. The maximum atomic E-state index is 13.3. The molecule has 2 heterocycles. The van der Waals surface area contributed by atoms with Crippen molar-refractivity contribution in [3.8, 4) is 16.9 Å². The van der Waals surface area contributed by atoms with Crippen LogP contribution >= 0.6 is 22.9 Å². The van der Waals surface area contributed by atoms with Crippen LogP contribution < -0.4 is 10.1 Å². The highest BCUT2D eigenvalue weighted by molar-refractivity contribution is 7.15. The number of methoxy groups -OCH3 is 2. The maximum absolute atomic E-state index is 13.3. The fourth-order valence-electron chi connectivity index (χ4n) is 3.92. The third-order valence-corrected chi connectivity index (χ3v) is 7.44. The van der Waals surface area contributed by atoms with Gasteiger partial charge < -0.3 is 9.47 Å². The number of amides is 1. The number of anilines is 1. The molecule has 0 saturated carbocycles. The first kappa shape index (κ1) is 30.7. The number of aryl methyl sites for hydroxylation is 2. The third kappa shape index (κ3) is 7.86. The largest absolute Gasteiger partial charge is 0.496 e. The number of carbonyl (C=O) groups excluding carboxylic acids is 2. The van der Waals surface area contributed by atoms with Gasteiger partial charge in [-0.05, 0) is 69.5 Å². The van der Waals surface area contributed by atoms with Gasteiger partial charge in [0.05, 0.1) is 25.4 Å². The normalized spacial score (nSPS) is 12.3. The Bertz CT molecular complexity index is 1480. The van der Waals surface area contributed by atoms with Gasteiger partial charge in [0.2, 0.25) is 5.13 Å². The smallest absolute Gasteiger partial charge is 0.337 e. The first-order valence-electron chi connectivity index (χ1n) is 12.8. The minimum Gasteiger partial charge on any atom is -0.496 e. The van der Waals surface area contributed by atoms with Crippen molar-refractivity contribution in [1.29, 1.82) is 0 Å². The molecule has 10 heteroatoms. The van der Waals surface area contributed by atoms with Crippen molar-refractivity contribution >= 4 is 39.9 Å². The zero-order valence-corrected chi connectivity index (χ0v) is 25.1. The van der Waals surface area contributed by atoms with Gasteiger partial charge in [-0.3, -0.25) is 15.1 Å². The Morgan fingerprint density at radius 1 is 1.12 bits per heavy atom. The Morgan fingerprint density at radius 2 is 1.90 bits per heavy atom. The van der Waals surface area contributed by atoms with Crippen LogP contribution in [0.2, 0.25) is 5.02 Å². The van der Waals surface area contributed by atoms with E-state index in [1.165, 1.54) is 30.2 Å². The van der Waals surface area contributed by atoms with E-state index in [1.807, 2.05) is 19.1 Å². The van der Waals surface area contributed by atoms with Crippen molar-refractivity contribution < 1.29 is 19.1 Å². The summed E-state index contributed by atoms with van der Waals surface area (Å²) in [6.07, 6.45) is 9.19. The summed E-state index contributed by atoms with van der Waals surface area (Å²) in [6, 6.07) is 7.08. The van der Waals surface area contributed by atoms with E-state index in [0.717, 1.165) is 22.7 Å². The van der Waals surface area contributed by atoms with Crippen LogP contribution in [0.5, 0.6) is 5.75 Å². The van der Waals surface area contributed by atoms with Gasteiger partial charge in [0.25, 0.3) is 5.91 Å². The molecule has 1 aromatic carbocycles. The van der Waals surface area contributed by atoms with Crippen LogP contribution in [0.1, 0.15) is 54.7 Å². The van der Waals surface area contributed by atoms with Crippen LogP contribution in [0.4, 0.5) is 5.13 Å². The number of aromatic nitrogens is 3. The van der Waals surface area contributed by atoms with E-state index < -0.39 is 0 Å². The van der Waals surface area contributed by atoms with Crippen LogP contribution in [-0.2, 0) is 16.0 Å². The average Bonchev–Trinajstić information content (AvgIpc) is 3.40. The number of hydrogen-bond donors (Lipinski definition) is 1. The molecular formula is C30H33ClN4O4S. The molecule has 0 bridgehead atoms. The molecular weight excluding hydrogens is 548 g/mol. The number of hydrogen-bond acceptors (Lipinski definition) is 8. The molecule has 3 aromatic rings. The summed E-state index contributed by atoms with van der Waals surface area (Å²) >= 11 is 7.57. The molecule has 1 N–H and O–H groups in total. The number of rotatable bonds is 11. The number of halogens is 1. The van der Waals surface area contributed by atoms with E-state index in [-0.39, 0.29) is 11.9 Å². The number of benzene rings is 1. The predicted molar refractivity (Wildman–Crippen MR) is 160 cm³/mol. The quantitative estimate of drug-likeness (QED) is 0.146. The summed E-state index contributed by atoms with van der Waals surface area (Å²) in [5.41, 5.74) is 5.27. The van der Waals surface area contributed by atoms with Gasteiger partial charge in [-0.15, -0.1) is 10.2 Å². The highest BCUT2D eigenvalue weighted by Gasteiger charge is 2.19. The van der Waals surface area contributed by atoms with Gasteiger partial charge in [-0.1, -0.05) is 47.6 Å². The van der Waals surface area contributed by atoms with Crippen LogP contribution in [0.25, 0.3) is 11.1 Å². The first-order valence-corrected chi connectivity index (χ1v) is 14.0. The molecule has 1 amide bonds. The van der Waals surface area contributed by atoms with E-state index in [4.69, 9.17) is 21.1 Å². The maximum Gasteiger partial charge on any atom is 0.337 e. The molecule has 0 fully saturated rings. The molecule has 40 heavy (non-hydrogen) atoms. The average molecular weight is 581 g/mol. The van der Waals surface area contributed by atoms with E-state index in [1.54, 1.807) is 44.4 Å². The topological polar surface area (TPSA) is 103 Å². The Labute approximate surface area is 243 Å². The highest BCUT2D eigenvalue weighted by atomic mass is 35.5. The summed E-state index contributed by atoms with van der Waals surface area (Å²) in [4.78, 5) is 29.6. The number of allylic oxidation sites excluding steroid dienone is 4. The third-order valence-electron chi connectivity index (χ3n) is 6.31. The lowest BCUT2D eigenvalue weighted by Crippen LogP contribution is -2.14. The highest BCUT2D eigenvalue weighted by Crippen LogP contribution is 2.35. The lowest BCUT2D eigenvalue weighted by molar-refractivity contribution is -0.135. The number of pyridine rings is 1. The SMILES string of the molecule is C\C=C(/C=C\C(CCc1nnc(NC(=O)c2cnc(C)cc2-c2cc(Cl)ccc2OC)s1)=C(\C)CC)C(=O)OC. The summed E-state index contributed by atoms with van der Waals surface area (Å²) < 4.78 is 10.3. The number of esters is 1.